The van der Waals surface area contributed by atoms with Crippen LogP contribution in [-0.2, 0) is 19.1 Å². The quantitative estimate of drug-likeness (QED) is 0.635. The van der Waals surface area contributed by atoms with E-state index in [0.717, 1.165) is 0 Å². The van der Waals surface area contributed by atoms with Crippen LogP contribution in [0, 0.1) is 5.82 Å². The molecular weight excluding hydrogens is 459 g/mol. The van der Waals surface area contributed by atoms with Crippen molar-refractivity contribution >= 4 is 35.8 Å². The number of halogens is 1. The van der Waals surface area contributed by atoms with Gasteiger partial charge in [-0.2, -0.15) is 0 Å². The van der Waals surface area contributed by atoms with Crippen LogP contribution in [0.3, 0.4) is 0 Å². The monoisotopic (exact) mass is 490 g/mol. The molecule has 2 heterocycles. The Morgan fingerprint density at radius 2 is 1.83 bits per heavy atom. The van der Waals surface area contributed by atoms with E-state index in [-0.39, 0.29) is 30.5 Å². The summed E-state index contributed by atoms with van der Waals surface area (Å²) in [6.45, 7) is 8.51. The van der Waals surface area contributed by atoms with Crippen LogP contribution < -0.4 is 10.2 Å². The van der Waals surface area contributed by atoms with Crippen molar-refractivity contribution in [2.75, 3.05) is 44.2 Å². The number of piperazine rings is 1. The van der Waals surface area contributed by atoms with Crippen molar-refractivity contribution in [1.29, 1.82) is 0 Å². The van der Waals surface area contributed by atoms with Gasteiger partial charge >= 0.3 is 12.2 Å². The Balaban J connectivity index is 1.54. The van der Waals surface area contributed by atoms with Crippen molar-refractivity contribution in [3.05, 3.63) is 35.7 Å². The van der Waals surface area contributed by atoms with E-state index >= 15 is 0 Å². The minimum absolute atomic E-state index is 0.176. The molecule has 11 heteroatoms. The number of benzene rings is 1. The lowest BCUT2D eigenvalue weighted by atomic mass is 10.1. The number of hydrogen-bond acceptors (Lipinski definition) is 6. The third-order valence-corrected chi connectivity index (χ3v) is 5.40. The molecule has 190 valence electrons. The molecule has 2 saturated heterocycles. The van der Waals surface area contributed by atoms with E-state index in [4.69, 9.17) is 9.47 Å². The summed E-state index contributed by atoms with van der Waals surface area (Å²) in [5, 5.41) is 2.58. The molecule has 35 heavy (non-hydrogen) atoms. The highest BCUT2D eigenvalue weighted by molar-refractivity contribution is 5.92. The second kappa shape index (κ2) is 10.7. The van der Waals surface area contributed by atoms with Crippen molar-refractivity contribution in [3.8, 4) is 0 Å². The Morgan fingerprint density at radius 3 is 2.43 bits per heavy atom. The Hall–Kier alpha value is -3.63. The Labute approximate surface area is 203 Å². The number of nitrogens with zero attached hydrogens (tertiary/aromatic N) is 3. The smallest absolute Gasteiger partial charge is 0.414 e. The van der Waals surface area contributed by atoms with E-state index in [0.29, 0.717) is 31.9 Å². The molecule has 1 aromatic rings. The van der Waals surface area contributed by atoms with Gasteiger partial charge in [0.05, 0.1) is 18.8 Å². The maximum absolute atomic E-state index is 14.7. The van der Waals surface area contributed by atoms with Crippen LogP contribution in [0.15, 0.2) is 24.3 Å². The maximum Gasteiger partial charge on any atom is 0.414 e. The van der Waals surface area contributed by atoms with Crippen molar-refractivity contribution in [2.45, 2.75) is 39.4 Å². The second-order valence-electron chi connectivity index (χ2n) is 9.39. The molecule has 4 amide bonds. The minimum Gasteiger partial charge on any atom is -0.444 e. The molecule has 0 bridgehead atoms. The summed E-state index contributed by atoms with van der Waals surface area (Å²) in [7, 11) is 0. The normalized spacial score (nSPS) is 18.6. The first-order valence-electron chi connectivity index (χ1n) is 11.4. The van der Waals surface area contributed by atoms with Crippen LogP contribution in [0.4, 0.5) is 19.7 Å². The first-order valence-corrected chi connectivity index (χ1v) is 11.4. The van der Waals surface area contributed by atoms with E-state index in [1.807, 2.05) is 0 Å². The van der Waals surface area contributed by atoms with Gasteiger partial charge in [-0.15, -0.1) is 0 Å². The lowest BCUT2D eigenvalue weighted by Crippen LogP contribution is -2.51. The second-order valence-corrected chi connectivity index (χ2v) is 9.39. The summed E-state index contributed by atoms with van der Waals surface area (Å²) in [5.74, 6) is -1.12. The molecule has 0 aromatic heterocycles. The molecule has 0 aliphatic carbocycles. The molecule has 2 fully saturated rings. The van der Waals surface area contributed by atoms with Gasteiger partial charge in [0.15, 0.2) is 0 Å². The highest BCUT2D eigenvalue weighted by atomic mass is 19.1. The lowest BCUT2D eigenvalue weighted by Gasteiger charge is -2.35. The molecule has 3 rings (SSSR count). The summed E-state index contributed by atoms with van der Waals surface area (Å²) < 4.78 is 25.2. The average molecular weight is 491 g/mol. The molecule has 1 N–H and O–H groups in total. The van der Waals surface area contributed by atoms with Crippen LogP contribution in [0.1, 0.15) is 33.3 Å². The molecule has 10 nitrogen and oxygen atoms in total. The number of rotatable bonds is 5. The summed E-state index contributed by atoms with van der Waals surface area (Å²) in [6.07, 6.45) is 1.11. The highest BCUT2D eigenvalue weighted by Crippen LogP contribution is 2.24. The number of nitrogens with one attached hydrogen (secondary N) is 1. The predicted molar refractivity (Wildman–Crippen MR) is 126 cm³/mol. The van der Waals surface area contributed by atoms with Gasteiger partial charge in [-0.1, -0.05) is 0 Å². The van der Waals surface area contributed by atoms with Crippen molar-refractivity contribution in [3.63, 3.8) is 0 Å². The zero-order valence-electron chi connectivity index (χ0n) is 20.4. The summed E-state index contributed by atoms with van der Waals surface area (Å²) >= 11 is 0. The number of ether oxygens (including phenoxy) is 2. The minimum atomic E-state index is -0.622. The fourth-order valence-corrected chi connectivity index (χ4v) is 3.62. The highest BCUT2D eigenvalue weighted by Gasteiger charge is 2.32. The summed E-state index contributed by atoms with van der Waals surface area (Å²) in [5.41, 5.74) is -0.0768. The topological polar surface area (TPSA) is 108 Å². The van der Waals surface area contributed by atoms with Crippen LogP contribution in [0.25, 0.3) is 6.08 Å². The van der Waals surface area contributed by atoms with E-state index in [2.05, 4.69) is 5.32 Å². The SMILES string of the molecule is CC(=O)NC[C@H]1CN(c2ccc(/C=C/C(=O)N3CCN(C(=O)OC(C)(C)C)CC3)c(F)c2)C(=O)O1. The van der Waals surface area contributed by atoms with Crippen LogP contribution >= 0.6 is 0 Å². The fraction of sp³-hybridized carbons (Fsp3) is 0.500. The van der Waals surface area contributed by atoms with Gasteiger partial charge < -0.3 is 24.6 Å². The third kappa shape index (κ3) is 7.17. The largest absolute Gasteiger partial charge is 0.444 e. The molecular formula is C24H31FN4O6. The average Bonchev–Trinajstić information content (AvgIpc) is 3.16. The van der Waals surface area contributed by atoms with Gasteiger partial charge in [0.25, 0.3) is 0 Å². The maximum atomic E-state index is 14.7. The number of anilines is 1. The molecule has 0 radical (unpaired) electrons. The third-order valence-electron chi connectivity index (χ3n) is 5.40. The number of carbonyl (C=O) groups is 4. The number of carbonyl (C=O) groups excluding carboxylic acids is 4. The summed E-state index contributed by atoms with van der Waals surface area (Å²) in [4.78, 5) is 52.3. The van der Waals surface area contributed by atoms with Gasteiger partial charge in [-0.25, -0.2) is 14.0 Å². The van der Waals surface area contributed by atoms with Crippen molar-refractivity contribution in [2.24, 2.45) is 0 Å². The number of amides is 4. The first kappa shape index (κ1) is 26.0. The molecule has 2 aliphatic rings. The molecule has 2 aliphatic heterocycles. The summed E-state index contributed by atoms with van der Waals surface area (Å²) in [6, 6.07) is 4.24. The van der Waals surface area contributed by atoms with E-state index in [1.54, 1.807) is 36.6 Å². The van der Waals surface area contributed by atoms with E-state index in [1.165, 1.54) is 36.1 Å². The van der Waals surface area contributed by atoms with Gasteiger partial charge in [-0.3, -0.25) is 14.5 Å². The fourth-order valence-electron chi connectivity index (χ4n) is 3.62. The zero-order valence-corrected chi connectivity index (χ0v) is 20.4. The molecule has 0 saturated carbocycles. The Kier molecular flexibility index (Phi) is 7.98. The standard InChI is InChI=1S/C24H31FN4O6/c1-16(30)26-14-19-15-29(23(33)34-19)18-7-5-17(20(25)13-18)6-8-21(31)27-9-11-28(12-10-27)22(32)35-24(2,3)4/h5-8,13,19H,9-12,14-15H2,1-4H3,(H,26,30)/b8-6+/t19-/m0/s1. The van der Waals surface area contributed by atoms with Crippen LogP contribution in [0.2, 0.25) is 0 Å². The Bertz CT molecular complexity index is 1010. The first-order chi connectivity index (χ1) is 16.4. The molecule has 1 aromatic carbocycles. The van der Waals surface area contributed by atoms with Crippen molar-refractivity contribution < 1.29 is 33.0 Å². The van der Waals surface area contributed by atoms with Gasteiger partial charge in [0, 0.05) is 44.7 Å². The van der Waals surface area contributed by atoms with Gasteiger partial charge in [-0.05, 0) is 45.0 Å². The van der Waals surface area contributed by atoms with Crippen molar-refractivity contribution in [1.82, 2.24) is 15.1 Å². The van der Waals surface area contributed by atoms with Gasteiger partial charge in [0.2, 0.25) is 11.8 Å². The zero-order chi connectivity index (χ0) is 25.8. The van der Waals surface area contributed by atoms with E-state index in [9.17, 15) is 23.6 Å². The van der Waals surface area contributed by atoms with Crippen LogP contribution in [0.5, 0.6) is 0 Å². The number of hydrogen-bond donors (Lipinski definition) is 1. The molecule has 0 spiro atoms. The lowest BCUT2D eigenvalue weighted by molar-refractivity contribution is -0.127. The van der Waals surface area contributed by atoms with Crippen LogP contribution in [-0.4, -0.2) is 84.8 Å². The van der Waals surface area contributed by atoms with E-state index < -0.39 is 29.7 Å². The number of cyclic esters (lactones) is 1. The molecule has 0 unspecified atom stereocenters. The Morgan fingerprint density at radius 1 is 1.17 bits per heavy atom. The van der Waals surface area contributed by atoms with Gasteiger partial charge in [0.1, 0.15) is 17.5 Å². The molecule has 1 atom stereocenters. The predicted octanol–water partition coefficient (Wildman–Crippen LogP) is 2.38.